The lowest BCUT2D eigenvalue weighted by Gasteiger charge is -2.04. The molecule has 17 heavy (non-hydrogen) atoms. The van der Waals surface area contributed by atoms with Gasteiger partial charge in [0.1, 0.15) is 0 Å². The molecule has 2 rings (SSSR count). The molecule has 0 saturated carbocycles. The molecule has 2 N–H and O–H groups in total. The van der Waals surface area contributed by atoms with Crippen LogP contribution in [0.1, 0.15) is 10.4 Å². The highest BCUT2D eigenvalue weighted by Crippen LogP contribution is 2.21. The maximum atomic E-state index is 11.6. The van der Waals surface area contributed by atoms with Crippen LogP contribution in [-0.4, -0.2) is 16.1 Å². The van der Waals surface area contributed by atoms with Crippen LogP contribution in [0.5, 0.6) is 0 Å². The van der Waals surface area contributed by atoms with Crippen molar-refractivity contribution in [3.8, 4) is 11.1 Å². The number of carbonyl (C=O) groups is 1. The molecule has 4 nitrogen and oxygen atoms in total. The van der Waals surface area contributed by atoms with Crippen LogP contribution in [0.2, 0.25) is 0 Å². The average Bonchev–Trinajstić information content (AvgIpc) is 2.30. The van der Waals surface area contributed by atoms with E-state index in [1.54, 1.807) is 24.3 Å². The van der Waals surface area contributed by atoms with Crippen LogP contribution >= 0.6 is 22.6 Å². The summed E-state index contributed by atoms with van der Waals surface area (Å²) < 4.78 is 0.645. The van der Waals surface area contributed by atoms with Gasteiger partial charge in [-0.2, -0.15) is 0 Å². The summed E-state index contributed by atoms with van der Waals surface area (Å²) in [6.45, 7) is 0. The van der Waals surface area contributed by atoms with E-state index >= 15 is 0 Å². The van der Waals surface area contributed by atoms with Crippen molar-refractivity contribution in [1.29, 1.82) is 0 Å². The zero-order chi connectivity index (χ0) is 12.4. The van der Waals surface area contributed by atoms with Gasteiger partial charge in [0.25, 0.3) is 5.56 Å². The van der Waals surface area contributed by atoms with Gasteiger partial charge in [0, 0.05) is 15.3 Å². The molecule has 1 heterocycles. The second kappa shape index (κ2) is 4.70. The van der Waals surface area contributed by atoms with Crippen molar-refractivity contribution in [2.75, 3.05) is 0 Å². The smallest absolute Gasteiger partial charge is 0.336 e. The highest BCUT2D eigenvalue weighted by molar-refractivity contribution is 14.1. The Balaban J connectivity index is 2.62. The molecule has 0 radical (unpaired) electrons. The van der Waals surface area contributed by atoms with Crippen LogP contribution in [0.4, 0.5) is 0 Å². The third-order valence-electron chi connectivity index (χ3n) is 2.33. The number of carboxylic acids is 1. The van der Waals surface area contributed by atoms with Gasteiger partial charge in [-0.05, 0) is 52.4 Å². The van der Waals surface area contributed by atoms with E-state index < -0.39 is 5.97 Å². The maximum absolute atomic E-state index is 11.6. The molecule has 86 valence electrons. The van der Waals surface area contributed by atoms with Crippen LogP contribution in [0.25, 0.3) is 11.1 Å². The van der Waals surface area contributed by atoms with Crippen LogP contribution < -0.4 is 5.56 Å². The Hall–Kier alpha value is -1.63. The SMILES string of the molecule is O=C(O)c1cc(-c2ccc[nH]c2=O)ccc1I. The minimum Gasteiger partial charge on any atom is -0.478 e. The summed E-state index contributed by atoms with van der Waals surface area (Å²) in [5.74, 6) is -0.997. The Kier molecular flexibility index (Phi) is 3.28. The summed E-state index contributed by atoms with van der Waals surface area (Å²) >= 11 is 1.95. The highest BCUT2D eigenvalue weighted by Gasteiger charge is 2.11. The van der Waals surface area contributed by atoms with Gasteiger partial charge in [-0.25, -0.2) is 4.79 Å². The van der Waals surface area contributed by atoms with Gasteiger partial charge in [-0.15, -0.1) is 0 Å². The molecule has 0 atom stereocenters. The van der Waals surface area contributed by atoms with Crippen LogP contribution in [0.15, 0.2) is 41.3 Å². The molecule has 0 amide bonds. The lowest BCUT2D eigenvalue weighted by atomic mass is 10.0. The van der Waals surface area contributed by atoms with E-state index in [2.05, 4.69) is 4.98 Å². The molecule has 0 aliphatic heterocycles. The molecule has 1 aromatic heterocycles. The zero-order valence-corrected chi connectivity index (χ0v) is 10.8. The van der Waals surface area contributed by atoms with E-state index in [1.807, 2.05) is 22.6 Å². The van der Waals surface area contributed by atoms with Crippen molar-refractivity contribution in [3.05, 3.63) is 56.0 Å². The van der Waals surface area contributed by atoms with Gasteiger partial charge in [0.2, 0.25) is 0 Å². The second-order valence-corrected chi connectivity index (χ2v) is 4.57. The summed E-state index contributed by atoms with van der Waals surface area (Å²) in [4.78, 5) is 25.1. The molecule has 0 unspecified atom stereocenters. The summed E-state index contributed by atoms with van der Waals surface area (Å²) in [7, 11) is 0. The first kappa shape index (κ1) is 11.8. The molecule has 0 aliphatic carbocycles. The van der Waals surface area contributed by atoms with Crippen molar-refractivity contribution < 1.29 is 9.90 Å². The minimum absolute atomic E-state index is 0.200. The maximum Gasteiger partial charge on any atom is 0.336 e. The molecular formula is C12H8INO3. The van der Waals surface area contributed by atoms with E-state index in [1.165, 1.54) is 12.3 Å². The minimum atomic E-state index is -0.997. The second-order valence-electron chi connectivity index (χ2n) is 3.41. The van der Waals surface area contributed by atoms with Crippen molar-refractivity contribution in [2.45, 2.75) is 0 Å². The molecule has 0 bridgehead atoms. The van der Waals surface area contributed by atoms with Crippen molar-refractivity contribution in [1.82, 2.24) is 4.98 Å². The number of carboxylic acid groups (broad SMARTS) is 1. The van der Waals surface area contributed by atoms with Gasteiger partial charge >= 0.3 is 5.97 Å². The molecule has 0 spiro atoms. The summed E-state index contributed by atoms with van der Waals surface area (Å²) in [5.41, 5.74) is 1.03. The fourth-order valence-corrected chi connectivity index (χ4v) is 2.07. The number of aromatic nitrogens is 1. The van der Waals surface area contributed by atoms with E-state index in [0.29, 0.717) is 14.7 Å². The van der Waals surface area contributed by atoms with Crippen molar-refractivity contribution in [2.24, 2.45) is 0 Å². The van der Waals surface area contributed by atoms with Crippen LogP contribution in [0.3, 0.4) is 0 Å². The van der Waals surface area contributed by atoms with Gasteiger partial charge in [0.05, 0.1) is 5.56 Å². The normalized spacial score (nSPS) is 10.2. The fraction of sp³-hybridized carbons (Fsp3) is 0. The van der Waals surface area contributed by atoms with E-state index in [-0.39, 0.29) is 11.1 Å². The summed E-state index contributed by atoms with van der Waals surface area (Å²) in [6, 6.07) is 8.29. The first-order chi connectivity index (χ1) is 8.09. The Morgan fingerprint density at radius 2 is 2.06 bits per heavy atom. The molecule has 5 heteroatoms. The first-order valence-electron chi connectivity index (χ1n) is 4.80. The quantitative estimate of drug-likeness (QED) is 0.824. The topological polar surface area (TPSA) is 70.2 Å². The summed E-state index contributed by atoms with van der Waals surface area (Å²) in [5, 5.41) is 9.02. The number of pyridine rings is 1. The van der Waals surface area contributed by atoms with Crippen LogP contribution in [0, 0.1) is 3.57 Å². The monoisotopic (exact) mass is 341 g/mol. The Labute approximate surface area is 110 Å². The van der Waals surface area contributed by atoms with Crippen molar-refractivity contribution >= 4 is 28.6 Å². The number of rotatable bonds is 2. The number of hydrogen-bond acceptors (Lipinski definition) is 2. The van der Waals surface area contributed by atoms with E-state index in [0.717, 1.165) is 0 Å². The standard InChI is InChI=1S/C12H8INO3/c13-10-4-3-7(6-9(10)12(16)17)8-2-1-5-14-11(8)15/h1-6H,(H,14,15)(H,16,17). The van der Waals surface area contributed by atoms with Gasteiger partial charge in [-0.1, -0.05) is 6.07 Å². The Morgan fingerprint density at radius 3 is 2.71 bits per heavy atom. The fourth-order valence-electron chi connectivity index (χ4n) is 1.51. The number of halogens is 1. The highest BCUT2D eigenvalue weighted by atomic mass is 127. The molecule has 0 aliphatic rings. The average molecular weight is 341 g/mol. The third kappa shape index (κ3) is 2.38. The lowest BCUT2D eigenvalue weighted by Crippen LogP contribution is -2.08. The summed E-state index contributed by atoms with van der Waals surface area (Å²) in [6.07, 6.45) is 1.54. The molecule has 0 fully saturated rings. The van der Waals surface area contributed by atoms with Gasteiger partial charge in [0.15, 0.2) is 0 Å². The number of hydrogen-bond donors (Lipinski definition) is 2. The van der Waals surface area contributed by atoms with Gasteiger partial charge < -0.3 is 10.1 Å². The van der Waals surface area contributed by atoms with Crippen LogP contribution in [-0.2, 0) is 0 Å². The molecule has 1 aromatic carbocycles. The Bertz CT molecular complexity index is 634. The van der Waals surface area contributed by atoms with Crippen molar-refractivity contribution in [3.63, 3.8) is 0 Å². The number of benzene rings is 1. The Morgan fingerprint density at radius 1 is 1.29 bits per heavy atom. The van der Waals surface area contributed by atoms with E-state index in [9.17, 15) is 9.59 Å². The lowest BCUT2D eigenvalue weighted by molar-refractivity contribution is 0.0696. The zero-order valence-electron chi connectivity index (χ0n) is 8.61. The predicted molar refractivity (Wildman–Crippen MR) is 72.2 cm³/mol. The first-order valence-corrected chi connectivity index (χ1v) is 5.88. The van der Waals surface area contributed by atoms with E-state index in [4.69, 9.17) is 5.11 Å². The molecule has 2 aromatic rings. The number of aromatic amines is 1. The molecule has 0 saturated heterocycles. The number of nitrogens with one attached hydrogen (secondary N) is 1. The third-order valence-corrected chi connectivity index (χ3v) is 3.27. The molecular weight excluding hydrogens is 333 g/mol. The number of aromatic carboxylic acids is 1. The number of H-pyrrole nitrogens is 1. The van der Waals surface area contributed by atoms with Gasteiger partial charge in [-0.3, -0.25) is 4.79 Å². The largest absolute Gasteiger partial charge is 0.478 e. The predicted octanol–water partition coefficient (Wildman–Crippen LogP) is 2.34.